The van der Waals surface area contributed by atoms with E-state index < -0.39 is 24.0 Å². The molecule has 0 bridgehead atoms. The first kappa shape index (κ1) is 19.6. The average Bonchev–Trinajstić information content (AvgIpc) is 2.19. The maximum absolute atomic E-state index is 12.4. The van der Waals surface area contributed by atoms with Gasteiger partial charge >= 0.3 is 0 Å². The van der Waals surface area contributed by atoms with Crippen LogP contribution >= 0.6 is 11.6 Å². The predicted molar refractivity (Wildman–Crippen MR) is 65.2 cm³/mol. The molecule has 0 aliphatic carbocycles. The Hall–Kier alpha value is -1.70. The van der Waals surface area contributed by atoms with E-state index in [-0.39, 0.29) is 10.6 Å². The number of carboxylic acids is 2. The van der Waals surface area contributed by atoms with Gasteiger partial charge in [0.2, 0.25) is 0 Å². The van der Waals surface area contributed by atoms with Crippen LogP contribution in [0.15, 0.2) is 18.2 Å². The molecule has 0 heterocycles. The number of aliphatic hydroxyl groups excluding tert-OH is 1. The Balaban J connectivity index is 0. The summed E-state index contributed by atoms with van der Waals surface area (Å²) in [4.78, 5) is 18.0. The number of carbonyl (C=O) groups is 2. The first-order chi connectivity index (χ1) is 8.57. The monoisotopic (exact) mass is 296 g/mol. The van der Waals surface area contributed by atoms with Crippen LogP contribution in [0.1, 0.15) is 25.7 Å². The molecule has 1 aromatic carbocycles. The second-order valence-corrected chi connectivity index (χ2v) is 3.48. The minimum absolute atomic E-state index is 0.0216. The molecule has 0 fully saturated rings. The van der Waals surface area contributed by atoms with Crippen LogP contribution in [0, 0.1) is 5.82 Å². The van der Waals surface area contributed by atoms with E-state index in [1.54, 1.807) is 0 Å². The summed E-state index contributed by atoms with van der Waals surface area (Å²) in [6, 6.07) is 3.40. The van der Waals surface area contributed by atoms with E-state index in [2.05, 4.69) is 0 Å². The summed E-state index contributed by atoms with van der Waals surface area (Å²) in [6.45, 7) is 2.17. The van der Waals surface area contributed by atoms with Crippen molar-refractivity contribution < 1.29 is 34.4 Å². The van der Waals surface area contributed by atoms with Gasteiger partial charge in [0.15, 0.2) is 6.29 Å². The molecule has 19 heavy (non-hydrogen) atoms. The van der Waals surface area contributed by atoms with Gasteiger partial charge in [-0.1, -0.05) is 11.6 Å². The highest BCUT2D eigenvalue weighted by atomic mass is 35.5. The number of carboxylic acid groups (broad SMARTS) is 2. The van der Waals surface area contributed by atoms with Crippen LogP contribution in [0.25, 0.3) is 0 Å². The van der Waals surface area contributed by atoms with E-state index in [0.717, 1.165) is 26.0 Å². The lowest BCUT2D eigenvalue weighted by atomic mass is 10.2. The summed E-state index contributed by atoms with van der Waals surface area (Å²) in [5.41, 5.74) is -0.0216. The van der Waals surface area contributed by atoms with Crippen molar-refractivity contribution >= 4 is 23.5 Å². The van der Waals surface area contributed by atoms with Crippen molar-refractivity contribution in [2.45, 2.75) is 20.1 Å². The Morgan fingerprint density at radius 1 is 1.16 bits per heavy atom. The van der Waals surface area contributed by atoms with E-state index in [1.807, 2.05) is 0 Å². The van der Waals surface area contributed by atoms with Gasteiger partial charge in [-0.2, -0.15) is 0 Å². The molecular weight excluding hydrogens is 283 g/mol. The van der Waals surface area contributed by atoms with Gasteiger partial charge in [0.25, 0.3) is 11.9 Å². The second-order valence-electron chi connectivity index (χ2n) is 3.08. The number of rotatable bonds is 1. The summed E-state index contributed by atoms with van der Waals surface area (Å²) >= 11 is 5.50. The standard InChI is InChI=1S/C7H6ClFO2.2C2H4O2/c8-6-2-1-4(9)3-5(6)7(10)11;2*1-2(3)4/h1-3,7,10-11H;2*1H3,(H,3,4). The van der Waals surface area contributed by atoms with E-state index >= 15 is 0 Å². The second kappa shape index (κ2) is 10.2. The smallest absolute Gasteiger partial charge is 0.300 e. The molecule has 0 aliphatic heterocycles. The van der Waals surface area contributed by atoms with Crippen molar-refractivity contribution in [1.29, 1.82) is 0 Å². The third-order valence-electron chi connectivity index (χ3n) is 1.24. The highest BCUT2D eigenvalue weighted by Crippen LogP contribution is 2.21. The number of benzene rings is 1. The molecule has 0 saturated heterocycles. The van der Waals surface area contributed by atoms with Gasteiger partial charge in [0.05, 0.1) is 0 Å². The number of hydrogen-bond donors (Lipinski definition) is 4. The number of aliphatic hydroxyl groups is 2. The predicted octanol–water partition coefficient (Wildman–Crippen LogP) is 1.64. The lowest BCUT2D eigenvalue weighted by Gasteiger charge is -2.04. The summed E-state index contributed by atoms with van der Waals surface area (Å²) in [6.07, 6.45) is -1.72. The summed E-state index contributed by atoms with van der Waals surface area (Å²) < 4.78 is 12.4. The molecule has 6 nitrogen and oxygen atoms in total. The van der Waals surface area contributed by atoms with Crippen molar-refractivity contribution in [3.05, 3.63) is 34.6 Å². The van der Waals surface area contributed by atoms with Crippen LogP contribution in [0.5, 0.6) is 0 Å². The zero-order valence-electron chi connectivity index (χ0n) is 10.2. The molecule has 1 aromatic rings. The fourth-order valence-electron chi connectivity index (χ4n) is 0.712. The van der Waals surface area contributed by atoms with E-state index in [0.29, 0.717) is 0 Å². The Bertz CT molecular complexity index is 402. The van der Waals surface area contributed by atoms with Gasteiger partial charge in [0.1, 0.15) is 5.82 Å². The summed E-state index contributed by atoms with van der Waals surface area (Å²) in [7, 11) is 0. The Labute approximate surface area is 113 Å². The molecule has 108 valence electrons. The maximum Gasteiger partial charge on any atom is 0.300 e. The molecule has 1 rings (SSSR count). The quantitative estimate of drug-likeness (QED) is 0.586. The van der Waals surface area contributed by atoms with E-state index in [1.165, 1.54) is 6.07 Å². The van der Waals surface area contributed by atoms with Gasteiger partial charge < -0.3 is 20.4 Å². The molecule has 0 atom stereocenters. The van der Waals surface area contributed by atoms with Gasteiger partial charge in [-0.05, 0) is 18.2 Å². The molecule has 8 heteroatoms. The lowest BCUT2D eigenvalue weighted by molar-refractivity contribution is -0.135. The lowest BCUT2D eigenvalue weighted by Crippen LogP contribution is -1.96. The minimum atomic E-state index is -1.72. The van der Waals surface area contributed by atoms with Crippen LogP contribution in [0.3, 0.4) is 0 Å². The maximum atomic E-state index is 12.4. The molecule has 4 N–H and O–H groups in total. The normalized spacial score (nSPS) is 8.79. The highest BCUT2D eigenvalue weighted by Gasteiger charge is 2.08. The molecule has 0 amide bonds. The molecule has 0 spiro atoms. The Kier molecular flexibility index (Phi) is 10.6. The topological polar surface area (TPSA) is 115 Å². The third-order valence-corrected chi connectivity index (χ3v) is 1.58. The number of aliphatic carboxylic acids is 2. The first-order valence-corrected chi connectivity index (χ1v) is 5.15. The molecule has 0 aromatic heterocycles. The zero-order valence-corrected chi connectivity index (χ0v) is 10.9. The molecule has 0 radical (unpaired) electrons. The van der Waals surface area contributed by atoms with Crippen LogP contribution in [-0.4, -0.2) is 32.4 Å². The SMILES string of the molecule is CC(=O)O.CC(=O)O.OC(O)c1cc(F)ccc1Cl. The molecular formula is C11H14ClFO6. The van der Waals surface area contributed by atoms with Crippen molar-refractivity contribution in [3.63, 3.8) is 0 Å². The van der Waals surface area contributed by atoms with Crippen LogP contribution in [-0.2, 0) is 9.59 Å². The third kappa shape index (κ3) is 14.2. The van der Waals surface area contributed by atoms with Crippen molar-refractivity contribution in [2.24, 2.45) is 0 Å². The van der Waals surface area contributed by atoms with Crippen molar-refractivity contribution in [3.8, 4) is 0 Å². The Morgan fingerprint density at radius 2 is 1.53 bits per heavy atom. The van der Waals surface area contributed by atoms with Gasteiger partial charge in [-0.15, -0.1) is 0 Å². The molecule has 0 saturated carbocycles. The van der Waals surface area contributed by atoms with E-state index in [4.69, 9.17) is 41.6 Å². The zero-order chi connectivity index (χ0) is 15.6. The minimum Gasteiger partial charge on any atom is -0.481 e. The molecule has 0 unspecified atom stereocenters. The van der Waals surface area contributed by atoms with Gasteiger partial charge in [0, 0.05) is 24.4 Å². The van der Waals surface area contributed by atoms with Crippen molar-refractivity contribution in [2.75, 3.05) is 0 Å². The highest BCUT2D eigenvalue weighted by molar-refractivity contribution is 6.31. The number of hydrogen-bond acceptors (Lipinski definition) is 4. The molecule has 0 aliphatic rings. The number of halogens is 2. The summed E-state index contributed by atoms with van der Waals surface area (Å²) in [5.74, 6) is -2.21. The van der Waals surface area contributed by atoms with Crippen LogP contribution in [0.2, 0.25) is 5.02 Å². The average molecular weight is 297 g/mol. The fraction of sp³-hybridized carbons (Fsp3) is 0.273. The fourth-order valence-corrected chi connectivity index (χ4v) is 0.928. The van der Waals surface area contributed by atoms with Crippen molar-refractivity contribution in [1.82, 2.24) is 0 Å². The largest absolute Gasteiger partial charge is 0.481 e. The Morgan fingerprint density at radius 3 is 1.79 bits per heavy atom. The van der Waals surface area contributed by atoms with Gasteiger partial charge in [-0.3, -0.25) is 9.59 Å². The van der Waals surface area contributed by atoms with Crippen LogP contribution in [0.4, 0.5) is 4.39 Å². The van der Waals surface area contributed by atoms with Crippen LogP contribution < -0.4 is 0 Å². The van der Waals surface area contributed by atoms with E-state index in [9.17, 15) is 4.39 Å². The van der Waals surface area contributed by atoms with Gasteiger partial charge in [-0.25, -0.2) is 4.39 Å². The summed E-state index contributed by atoms with van der Waals surface area (Å²) in [5, 5.41) is 32.2. The first-order valence-electron chi connectivity index (χ1n) is 4.78.